The summed E-state index contributed by atoms with van der Waals surface area (Å²) in [4.78, 5) is 15.0. The van der Waals surface area contributed by atoms with E-state index in [0.29, 0.717) is 24.9 Å². The van der Waals surface area contributed by atoms with Gasteiger partial charge in [0.25, 0.3) is 0 Å². The average molecular weight is 436 g/mol. The Bertz CT molecular complexity index is 845. The topological polar surface area (TPSA) is 83.7 Å². The summed E-state index contributed by atoms with van der Waals surface area (Å²) in [6.45, 7) is 8.98. The van der Waals surface area contributed by atoms with Crippen LogP contribution in [-0.4, -0.2) is 56.0 Å². The number of anilines is 1. The third-order valence-corrected chi connectivity index (χ3v) is 8.41. The number of nitrogens with zero attached hydrogens (tertiary/aromatic N) is 2. The second-order valence-electron chi connectivity index (χ2n) is 9.41. The molecule has 0 aromatic heterocycles. The Labute approximate surface area is 181 Å². The minimum absolute atomic E-state index is 0.0398. The second kappa shape index (κ2) is 9.27. The number of hydrogen-bond donors (Lipinski definition) is 1. The molecule has 0 spiro atoms. The van der Waals surface area contributed by atoms with Crippen molar-refractivity contribution in [2.75, 3.05) is 38.2 Å². The predicted octanol–water partition coefficient (Wildman–Crippen LogP) is 2.97. The van der Waals surface area contributed by atoms with Crippen molar-refractivity contribution in [3.63, 3.8) is 0 Å². The van der Waals surface area contributed by atoms with Gasteiger partial charge >= 0.3 is 0 Å². The third-order valence-electron chi connectivity index (χ3n) is 7.10. The van der Waals surface area contributed by atoms with E-state index >= 15 is 0 Å². The number of piperidine rings is 2. The molecular weight excluding hydrogens is 398 g/mol. The smallest absolute Gasteiger partial charge is 0.225 e. The molecule has 2 N–H and O–H groups in total. The molecule has 3 rings (SSSR count). The summed E-state index contributed by atoms with van der Waals surface area (Å²) in [6.07, 6.45) is 5.98. The lowest BCUT2D eigenvalue weighted by molar-refractivity contribution is -0.136. The molecule has 1 aromatic carbocycles. The minimum atomic E-state index is -3.07. The van der Waals surface area contributed by atoms with Gasteiger partial charge in [0.15, 0.2) is 0 Å². The Hall–Kier alpha value is -1.60. The van der Waals surface area contributed by atoms with Gasteiger partial charge in [-0.1, -0.05) is 19.1 Å². The summed E-state index contributed by atoms with van der Waals surface area (Å²) in [5.74, 6) is 1.39. The van der Waals surface area contributed by atoms with Crippen molar-refractivity contribution in [1.29, 1.82) is 0 Å². The molecule has 0 bridgehead atoms. The van der Waals surface area contributed by atoms with E-state index in [2.05, 4.69) is 12.1 Å². The number of sulfonamides is 1. The zero-order valence-corrected chi connectivity index (χ0v) is 19.7. The van der Waals surface area contributed by atoms with Gasteiger partial charge in [-0.3, -0.25) is 4.79 Å². The summed E-state index contributed by atoms with van der Waals surface area (Å²) >= 11 is 0. The van der Waals surface area contributed by atoms with E-state index in [1.165, 1.54) is 11.8 Å². The number of likely N-dealkylation sites (tertiary alicyclic amines) is 1. The Balaban J connectivity index is 1.49. The summed E-state index contributed by atoms with van der Waals surface area (Å²) in [5, 5.41) is 0. The minimum Gasteiger partial charge on any atom is -0.398 e. The van der Waals surface area contributed by atoms with Crippen molar-refractivity contribution in [3.8, 4) is 0 Å². The fraction of sp³-hybridized carbons (Fsp3) is 0.696. The van der Waals surface area contributed by atoms with Crippen LogP contribution in [0.3, 0.4) is 0 Å². The molecule has 2 aliphatic rings. The van der Waals surface area contributed by atoms with E-state index in [1.54, 1.807) is 4.31 Å². The molecule has 0 unspecified atom stereocenters. The number of carbonyl (C=O) groups excluding carboxylic acids is 1. The number of benzene rings is 1. The van der Waals surface area contributed by atoms with Gasteiger partial charge in [0, 0.05) is 37.8 Å². The lowest BCUT2D eigenvalue weighted by atomic mass is 9.79. The van der Waals surface area contributed by atoms with Crippen LogP contribution in [0, 0.1) is 31.6 Å². The summed E-state index contributed by atoms with van der Waals surface area (Å²) in [5.41, 5.74) is 10.2. The Morgan fingerprint density at radius 2 is 1.50 bits per heavy atom. The highest BCUT2D eigenvalue weighted by atomic mass is 32.2. The predicted molar refractivity (Wildman–Crippen MR) is 122 cm³/mol. The van der Waals surface area contributed by atoms with Crippen molar-refractivity contribution in [2.45, 2.75) is 52.9 Å². The fourth-order valence-electron chi connectivity index (χ4n) is 5.20. The Morgan fingerprint density at radius 1 is 1.03 bits per heavy atom. The number of aryl methyl sites for hydroxylation is 2. The second-order valence-corrected chi connectivity index (χ2v) is 11.4. The van der Waals surface area contributed by atoms with Gasteiger partial charge in [-0.15, -0.1) is 0 Å². The van der Waals surface area contributed by atoms with Gasteiger partial charge in [0.1, 0.15) is 0 Å². The van der Waals surface area contributed by atoms with Crippen LogP contribution < -0.4 is 5.73 Å². The van der Waals surface area contributed by atoms with Gasteiger partial charge in [-0.05, 0) is 74.5 Å². The zero-order valence-electron chi connectivity index (χ0n) is 18.9. The van der Waals surface area contributed by atoms with Gasteiger partial charge in [0.2, 0.25) is 15.9 Å². The Morgan fingerprint density at radius 3 is 1.97 bits per heavy atom. The van der Waals surface area contributed by atoms with Crippen LogP contribution in [0.15, 0.2) is 12.1 Å². The molecular formula is C23H37N3O3S. The van der Waals surface area contributed by atoms with Crippen LogP contribution in [0.4, 0.5) is 5.69 Å². The first-order valence-corrected chi connectivity index (χ1v) is 13.0. The molecule has 1 amide bonds. The first kappa shape index (κ1) is 23.1. The van der Waals surface area contributed by atoms with Crippen LogP contribution in [0.1, 0.15) is 49.3 Å². The molecule has 2 fully saturated rings. The number of carbonyl (C=O) groups is 1. The number of rotatable bonds is 5. The van der Waals surface area contributed by atoms with Crippen molar-refractivity contribution in [1.82, 2.24) is 9.21 Å². The largest absolute Gasteiger partial charge is 0.398 e. The number of hydrogen-bond acceptors (Lipinski definition) is 4. The SMILES string of the molecule is Cc1cc(C[C@@H](C)C(=O)N2CCC(C3CCN(S(C)(=O)=O)CC3)CC2)cc(C)c1N. The van der Waals surface area contributed by atoms with Crippen LogP contribution in [0.2, 0.25) is 0 Å². The van der Waals surface area contributed by atoms with Crippen molar-refractivity contribution < 1.29 is 13.2 Å². The standard InChI is InChI=1S/C23H37N3O3S/c1-16-13-19(14-17(2)22(16)24)15-18(3)23(27)25-9-5-20(6-10-25)21-7-11-26(12-8-21)30(4,28)29/h13-14,18,20-21H,5-12,15,24H2,1-4H3/t18-/m1/s1. The molecule has 1 atom stereocenters. The van der Waals surface area contributed by atoms with E-state index in [4.69, 9.17) is 5.73 Å². The lowest BCUT2D eigenvalue weighted by Gasteiger charge is -2.40. The molecule has 2 heterocycles. The maximum Gasteiger partial charge on any atom is 0.225 e. The van der Waals surface area contributed by atoms with Crippen molar-refractivity contribution in [3.05, 3.63) is 28.8 Å². The highest BCUT2D eigenvalue weighted by Gasteiger charge is 2.33. The van der Waals surface area contributed by atoms with Crippen LogP contribution in [-0.2, 0) is 21.2 Å². The molecule has 1 aromatic rings. The molecule has 0 radical (unpaired) electrons. The lowest BCUT2D eigenvalue weighted by Crippen LogP contribution is -2.45. The molecule has 6 nitrogen and oxygen atoms in total. The first-order valence-electron chi connectivity index (χ1n) is 11.2. The van der Waals surface area contributed by atoms with Gasteiger partial charge in [-0.2, -0.15) is 0 Å². The summed E-state index contributed by atoms with van der Waals surface area (Å²) in [7, 11) is -3.07. The molecule has 7 heteroatoms. The first-order chi connectivity index (χ1) is 14.1. The maximum atomic E-state index is 13.0. The molecule has 30 heavy (non-hydrogen) atoms. The number of nitrogen functional groups attached to an aromatic ring is 1. The molecule has 2 aliphatic heterocycles. The monoisotopic (exact) mass is 435 g/mol. The maximum absolute atomic E-state index is 13.0. The highest BCUT2D eigenvalue weighted by molar-refractivity contribution is 7.88. The van der Waals surface area contributed by atoms with E-state index in [-0.39, 0.29) is 11.8 Å². The third kappa shape index (κ3) is 5.35. The van der Waals surface area contributed by atoms with E-state index in [9.17, 15) is 13.2 Å². The summed E-state index contributed by atoms with van der Waals surface area (Å²) < 4.78 is 25.0. The number of nitrogens with two attached hydrogens (primary N) is 1. The zero-order chi connectivity index (χ0) is 22.1. The van der Waals surface area contributed by atoms with Crippen LogP contribution in [0.5, 0.6) is 0 Å². The summed E-state index contributed by atoms with van der Waals surface area (Å²) in [6, 6.07) is 4.20. The molecule has 0 aliphatic carbocycles. The van der Waals surface area contributed by atoms with E-state index in [1.807, 2.05) is 25.7 Å². The van der Waals surface area contributed by atoms with Gasteiger partial charge in [0.05, 0.1) is 6.26 Å². The fourth-order valence-corrected chi connectivity index (χ4v) is 6.08. The molecule has 2 saturated heterocycles. The highest BCUT2D eigenvalue weighted by Crippen LogP contribution is 2.33. The van der Waals surface area contributed by atoms with Crippen LogP contribution in [0.25, 0.3) is 0 Å². The van der Waals surface area contributed by atoms with Gasteiger partial charge < -0.3 is 10.6 Å². The van der Waals surface area contributed by atoms with E-state index < -0.39 is 10.0 Å². The van der Waals surface area contributed by atoms with Crippen molar-refractivity contribution in [2.24, 2.45) is 17.8 Å². The van der Waals surface area contributed by atoms with Crippen LogP contribution >= 0.6 is 0 Å². The molecule has 168 valence electrons. The Kier molecular flexibility index (Phi) is 7.13. The quantitative estimate of drug-likeness (QED) is 0.721. The van der Waals surface area contributed by atoms with Crippen molar-refractivity contribution >= 4 is 21.6 Å². The number of amides is 1. The molecule has 0 saturated carbocycles. The van der Waals surface area contributed by atoms with E-state index in [0.717, 1.165) is 62.0 Å². The normalized spacial score (nSPS) is 21.0. The van der Waals surface area contributed by atoms with Gasteiger partial charge in [-0.25, -0.2) is 12.7 Å². The average Bonchev–Trinajstić information content (AvgIpc) is 2.71.